The third-order valence-electron chi connectivity index (χ3n) is 2.53. The highest BCUT2D eigenvalue weighted by Gasteiger charge is 2.15. The molecular formula is C16H20N2O2S. The molecule has 0 spiro atoms. The Hall–Kier alpha value is -1.88. The minimum atomic E-state index is -0.333. The second-order valence-electron chi connectivity index (χ2n) is 5.54. The molecule has 0 aliphatic heterocycles. The summed E-state index contributed by atoms with van der Waals surface area (Å²) < 4.78 is 11.0. The lowest BCUT2D eigenvalue weighted by Gasteiger charge is -2.21. The summed E-state index contributed by atoms with van der Waals surface area (Å²) in [6, 6.07) is 11.5. The van der Waals surface area contributed by atoms with E-state index in [0.717, 1.165) is 15.7 Å². The van der Waals surface area contributed by atoms with E-state index in [1.54, 1.807) is 7.11 Å². The molecule has 112 valence electrons. The Bertz CT molecular complexity index is 624. The van der Waals surface area contributed by atoms with Gasteiger partial charge < -0.3 is 15.2 Å². The van der Waals surface area contributed by atoms with Gasteiger partial charge in [-0.15, -0.1) is 0 Å². The minimum Gasteiger partial charge on any atom is -0.497 e. The molecule has 1 heterocycles. The Morgan fingerprint density at radius 2 is 1.90 bits per heavy atom. The minimum absolute atomic E-state index is 0.333. The van der Waals surface area contributed by atoms with Gasteiger partial charge in [0, 0.05) is 4.90 Å². The monoisotopic (exact) mass is 304 g/mol. The Morgan fingerprint density at radius 3 is 2.57 bits per heavy atom. The summed E-state index contributed by atoms with van der Waals surface area (Å²) in [5, 5.41) is 0.830. The van der Waals surface area contributed by atoms with Gasteiger partial charge in [0.15, 0.2) is 0 Å². The van der Waals surface area contributed by atoms with E-state index in [2.05, 4.69) is 4.98 Å². The van der Waals surface area contributed by atoms with Crippen LogP contribution in [-0.2, 0) is 0 Å². The molecule has 0 radical (unpaired) electrons. The Labute approximate surface area is 129 Å². The number of nitrogen functional groups attached to an aromatic ring is 1. The zero-order valence-corrected chi connectivity index (χ0v) is 13.5. The van der Waals surface area contributed by atoms with Crippen LogP contribution in [0.25, 0.3) is 0 Å². The van der Waals surface area contributed by atoms with Gasteiger partial charge in [0.25, 0.3) is 0 Å². The third kappa shape index (κ3) is 4.56. The number of nitrogens with zero attached hydrogens (tertiary/aromatic N) is 1. The van der Waals surface area contributed by atoms with Crippen LogP contribution >= 0.6 is 11.8 Å². The number of hydrogen-bond donors (Lipinski definition) is 1. The number of rotatable bonds is 4. The predicted octanol–water partition coefficient (Wildman–Crippen LogP) is 4.00. The SMILES string of the molecule is COc1cccc(Sc2ccc(N)c(OC(C)(C)C)n2)c1. The summed E-state index contributed by atoms with van der Waals surface area (Å²) in [4.78, 5) is 5.53. The molecule has 2 aromatic rings. The summed E-state index contributed by atoms with van der Waals surface area (Å²) in [6.07, 6.45) is 0. The number of aromatic nitrogens is 1. The van der Waals surface area contributed by atoms with Crippen molar-refractivity contribution in [2.75, 3.05) is 12.8 Å². The topological polar surface area (TPSA) is 57.4 Å². The molecule has 4 nitrogen and oxygen atoms in total. The average Bonchev–Trinajstić information content (AvgIpc) is 2.41. The maximum atomic E-state index is 5.92. The first-order valence-electron chi connectivity index (χ1n) is 6.65. The van der Waals surface area contributed by atoms with Crippen LogP contribution in [0.2, 0.25) is 0 Å². The fourth-order valence-electron chi connectivity index (χ4n) is 1.65. The second kappa shape index (κ2) is 6.26. The molecule has 0 saturated heterocycles. The van der Waals surface area contributed by atoms with Crippen LogP contribution in [0.1, 0.15) is 20.8 Å². The number of nitrogens with two attached hydrogens (primary N) is 1. The Kier molecular flexibility index (Phi) is 4.63. The van der Waals surface area contributed by atoms with E-state index >= 15 is 0 Å². The van der Waals surface area contributed by atoms with Crippen molar-refractivity contribution >= 4 is 17.4 Å². The maximum absolute atomic E-state index is 5.92. The van der Waals surface area contributed by atoms with Crippen molar-refractivity contribution in [1.29, 1.82) is 0 Å². The zero-order chi connectivity index (χ0) is 15.5. The molecule has 0 amide bonds. The highest BCUT2D eigenvalue weighted by atomic mass is 32.2. The van der Waals surface area contributed by atoms with Crippen LogP contribution in [0, 0.1) is 0 Å². The molecule has 1 aromatic heterocycles. The second-order valence-corrected chi connectivity index (χ2v) is 6.63. The lowest BCUT2D eigenvalue weighted by molar-refractivity contribution is 0.124. The van der Waals surface area contributed by atoms with E-state index in [9.17, 15) is 0 Å². The maximum Gasteiger partial charge on any atom is 0.238 e. The first-order chi connectivity index (χ1) is 9.87. The van der Waals surface area contributed by atoms with Gasteiger partial charge in [-0.3, -0.25) is 0 Å². The molecule has 0 atom stereocenters. The van der Waals surface area contributed by atoms with Crippen molar-refractivity contribution in [1.82, 2.24) is 4.98 Å². The van der Waals surface area contributed by atoms with Gasteiger partial charge >= 0.3 is 0 Å². The summed E-state index contributed by atoms with van der Waals surface area (Å²) >= 11 is 1.54. The Morgan fingerprint density at radius 1 is 1.14 bits per heavy atom. The molecule has 5 heteroatoms. The number of hydrogen-bond acceptors (Lipinski definition) is 5. The van der Waals surface area contributed by atoms with Gasteiger partial charge in [0.2, 0.25) is 5.88 Å². The molecule has 2 rings (SSSR count). The number of pyridine rings is 1. The molecule has 0 aliphatic carbocycles. The van der Waals surface area contributed by atoms with Gasteiger partial charge in [-0.25, -0.2) is 4.98 Å². The number of ether oxygens (including phenoxy) is 2. The van der Waals surface area contributed by atoms with Crippen LogP contribution in [0.5, 0.6) is 11.6 Å². The molecule has 0 bridgehead atoms. The highest BCUT2D eigenvalue weighted by molar-refractivity contribution is 7.99. The van der Waals surface area contributed by atoms with E-state index in [1.165, 1.54) is 11.8 Å². The van der Waals surface area contributed by atoms with Gasteiger partial charge in [0.1, 0.15) is 16.4 Å². The smallest absolute Gasteiger partial charge is 0.238 e. The van der Waals surface area contributed by atoms with E-state index < -0.39 is 0 Å². The van der Waals surface area contributed by atoms with Crippen molar-refractivity contribution in [3.8, 4) is 11.6 Å². The molecule has 0 fully saturated rings. The van der Waals surface area contributed by atoms with Crippen molar-refractivity contribution in [2.24, 2.45) is 0 Å². The van der Waals surface area contributed by atoms with Crippen molar-refractivity contribution in [3.05, 3.63) is 36.4 Å². The number of anilines is 1. The van der Waals surface area contributed by atoms with Crippen molar-refractivity contribution < 1.29 is 9.47 Å². The van der Waals surface area contributed by atoms with Crippen molar-refractivity contribution in [3.63, 3.8) is 0 Å². The highest BCUT2D eigenvalue weighted by Crippen LogP contribution is 2.32. The number of methoxy groups -OCH3 is 1. The largest absolute Gasteiger partial charge is 0.497 e. The summed E-state index contributed by atoms with van der Waals surface area (Å²) in [5.74, 6) is 1.29. The summed E-state index contributed by atoms with van der Waals surface area (Å²) in [6.45, 7) is 5.90. The normalized spacial score (nSPS) is 11.2. The summed E-state index contributed by atoms with van der Waals surface area (Å²) in [5.41, 5.74) is 6.13. The number of benzene rings is 1. The van der Waals surface area contributed by atoms with Gasteiger partial charge in [0.05, 0.1) is 12.8 Å². The fourth-order valence-corrected chi connectivity index (χ4v) is 2.48. The molecule has 2 N–H and O–H groups in total. The van der Waals surface area contributed by atoms with Crippen LogP contribution < -0.4 is 15.2 Å². The third-order valence-corrected chi connectivity index (χ3v) is 3.46. The predicted molar refractivity (Wildman–Crippen MR) is 86.1 cm³/mol. The first-order valence-corrected chi connectivity index (χ1v) is 7.46. The molecule has 1 aromatic carbocycles. The summed E-state index contributed by atoms with van der Waals surface area (Å²) in [7, 11) is 1.65. The van der Waals surface area contributed by atoms with E-state index in [0.29, 0.717) is 11.6 Å². The molecule has 0 aliphatic rings. The van der Waals surface area contributed by atoms with E-state index in [4.69, 9.17) is 15.2 Å². The lowest BCUT2D eigenvalue weighted by Crippen LogP contribution is -2.24. The molecular weight excluding hydrogens is 284 g/mol. The quantitative estimate of drug-likeness (QED) is 0.925. The van der Waals surface area contributed by atoms with Crippen molar-refractivity contribution in [2.45, 2.75) is 36.3 Å². The van der Waals surface area contributed by atoms with Crippen LogP contribution in [0.15, 0.2) is 46.3 Å². The van der Waals surface area contributed by atoms with Gasteiger partial charge in [-0.2, -0.15) is 0 Å². The average molecular weight is 304 g/mol. The fraction of sp³-hybridized carbons (Fsp3) is 0.312. The molecule has 0 saturated carbocycles. The zero-order valence-electron chi connectivity index (χ0n) is 12.7. The van der Waals surface area contributed by atoms with Gasteiger partial charge in [-0.1, -0.05) is 17.8 Å². The van der Waals surface area contributed by atoms with Gasteiger partial charge in [-0.05, 0) is 51.1 Å². The van der Waals surface area contributed by atoms with E-state index in [-0.39, 0.29) is 5.60 Å². The van der Waals surface area contributed by atoms with Crippen LogP contribution in [0.3, 0.4) is 0 Å². The first kappa shape index (κ1) is 15.5. The standard InChI is InChI=1S/C16H20N2O2S/c1-16(2,3)20-15-13(17)8-9-14(18-15)21-12-7-5-6-11(10-12)19-4/h5-10H,17H2,1-4H3. The van der Waals surface area contributed by atoms with Crippen LogP contribution in [0.4, 0.5) is 5.69 Å². The molecule has 21 heavy (non-hydrogen) atoms. The lowest BCUT2D eigenvalue weighted by atomic mass is 10.2. The van der Waals surface area contributed by atoms with Crippen LogP contribution in [-0.4, -0.2) is 17.7 Å². The Balaban J connectivity index is 2.22. The molecule has 0 unspecified atom stereocenters. The van der Waals surface area contributed by atoms with E-state index in [1.807, 2.05) is 57.2 Å².